The number of rotatable bonds is 2. The molecule has 1 spiro atoms. The van der Waals surface area contributed by atoms with Gasteiger partial charge in [0, 0.05) is 28.5 Å². The van der Waals surface area contributed by atoms with E-state index >= 15 is 0 Å². The van der Waals surface area contributed by atoms with E-state index in [1.54, 1.807) is 12.0 Å². The number of nitrogens with one attached hydrogen (secondary N) is 1. The molecule has 0 radical (unpaired) electrons. The van der Waals surface area contributed by atoms with Gasteiger partial charge in [-0.2, -0.15) is 0 Å². The Morgan fingerprint density at radius 1 is 1.19 bits per heavy atom. The number of hydrogen-bond donors (Lipinski definition) is 1. The van der Waals surface area contributed by atoms with Gasteiger partial charge < -0.3 is 14.4 Å². The molecule has 2 saturated heterocycles. The Balaban J connectivity index is 1.48. The first kappa shape index (κ1) is 21.2. The molecule has 1 N–H and O–H groups in total. The van der Waals surface area contributed by atoms with Crippen molar-refractivity contribution < 1.29 is 23.9 Å². The van der Waals surface area contributed by atoms with E-state index in [4.69, 9.17) is 9.47 Å². The number of carbonyl (C=O) groups excluding carboxylic acids is 3. The van der Waals surface area contributed by atoms with Crippen molar-refractivity contribution in [2.75, 3.05) is 26.8 Å². The van der Waals surface area contributed by atoms with E-state index < -0.39 is 11.9 Å². The molecule has 4 aliphatic heterocycles. The smallest absolute Gasteiger partial charge is 0.259 e. The molecule has 8 heteroatoms. The quantitative estimate of drug-likeness (QED) is 0.706. The van der Waals surface area contributed by atoms with E-state index in [1.165, 1.54) is 0 Å². The minimum atomic E-state index is -0.654. The normalized spacial score (nSPS) is 24.9. The molecule has 1 aromatic rings. The summed E-state index contributed by atoms with van der Waals surface area (Å²) in [5, 5.41) is 2.36. The van der Waals surface area contributed by atoms with E-state index in [-0.39, 0.29) is 29.2 Å². The highest BCUT2D eigenvalue weighted by Crippen LogP contribution is 2.52. The largest absolute Gasteiger partial charge is 0.496 e. The topological polar surface area (TPSA) is 88.2 Å². The number of methoxy groups -OCH3 is 1. The van der Waals surface area contributed by atoms with Crippen LogP contribution in [0.4, 0.5) is 0 Å². The second-order valence-electron chi connectivity index (χ2n) is 10.4. The molecule has 0 saturated carbocycles. The number of ether oxygens (including phenoxy) is 2. The summed E-state index contributed by atoms with van der Waals surface area (Å²) in [5.41, 5.74) is 2.47. The monoisotopic (exact) mass is 441 g/mol. The molecular weight excluding hydrogens is 410 g/mol. The fraction of sp³-hybridized carbons (Fsp3) is 0.625. The van der Waals surface area contributed by atoms with Crippen LogP contribution in [0, 0.1) is 0 Å². The molecule has 2 fully saturated rings. The van der Waals surface area contributed by atoms with Crippen LogP contribution in [0.3, 0.4) is 0 Å². The van der Waals surface area contributed by atoms with Gasteiger partial charge in [0.2, 0.25) is 11.8 Å². The minimum Gasteiger partial charge on any atom is -0.496 e. The number of piperidine rings is 2. The summed E-state index contributed by atoms with van der Waals surface area (Å²) >= 11 is 0. The third-order valence-corrected chi connectivity index (χ3v) is 7.69. The van der Waals surface area contributed by atoms with Gasteiger partial charge in [0.1, 0.15) is 17.5 Å². The summed E-state index contributed by atoms with van der Waals surface area (Å²) in [6, 6.07) is 1.33. The lowest BCUT2D eigenvalue weighted by Crippen LogP contribution is -2.52. The number of carbonyl (C=O) groups is 3. The SMILES string of the molecule is COc1cc2c(c3c1C(=O)N([C@H]1CCC(=O)NC1=O)C3)OCC21CCN(C(C)(C)C)CC1. The molecule has 5 rings (SSSR count). The Labute approximate surface area is 188 Å². The van der Waals surface area contributed by atoms with E-state index in [2.05, 4.69) is 31.0 Å². The number of imide groups is 1. The molecule has 0 bridgehead atoms. The van der Waals surface area contributed by atoms with Gasteiger partial charge in [-0.25, -0.2) is 0 Å². The maximum atomic E-state index is 13.3. The molecule has 0 aliphatic carbocycles. The second-order valence-corrected chi connectivity index (χ2v) is 10.4. The van der Waals surface area contributed by atoms with Crippen LogP contribution >= 0.6 is 0 Å². The van der Waals surface area contributed by atoms with Crippen molar-refractivity contribution in [1.29, 1.82) is 0 Å². The molecule has 1 aromatic carbocycles. The van der Waals surface area contributed by atoms with Crippen molar-refractivity contribution in [3.8, 4) is 11.5 Å². The Morgan fingerprint density at radius 2 is 1.91 bits per heavy atom. The van der Waals surface area contributed by atoms with Crippen molar-refractivity contribution in [1.82, 2.24) is 15.1 Å². The predicted octanol–water partition coefficient (Wildman–Crippen LogP) is 1.98. The Hall–Kier alpha value is -2.61. The third-order valence-electron chi connectivity index (χ3n) is 7.69. The lowest BCUT2D eigenvalue weighted by Gasteiger charge is -2.44. The van der Waals surface area contributed by atoms with Crippen LogP contribution in [0.5, 0.6) is 11.5 Å². The maximum Gasteiger partial charge on any atom is 0.259 e. The Morgan fingerprint density at radius 3 is 2.53 bits per heavy atom. The van der Waals surface area contributed by atoms with Crippen LogP contribution < -0.4 is 14.8 Å². The summed E-state index contributed by atoms with van der Waals surface area (Å²) in [7, 11) is 1.58. The van der Waals surface area contributed by atoms with Gasteiger partial charge >= 0.3 is 0 Å². The number of benzene rings is 1. The molecule has 32 heavy (non-hydrogen) atoms. The first-order valence-corrected chi connectivity index (χ1v) is 11.4. The molecule has 4 heterocycles. The highest BCUT2D eigenvalue weighted by Gasteiger charge is 2.49. The van der Waals surface area contributed by atoms with Gasteiger partial charge in [-0.3, -0.25) is 24.6 Å². The fourth-order valence-corrected chi connectivity index (χ4v) is 5.72. The second kappa shape index (κ2) is 7.20. The summed E-state index contributed by atoms with van der Waals surface area (Å²) in [4.78, 5) is 41.4. The average molecular weight is 442 g/mol. The van der Waals surface area contributed by atoms with Crippen molar-refractivity contribution in [2.45, 2.75) is 70.0 Å². The lowest BCUT2D eigenvalue weighted by molar-refractivity contribution is -0.136. The molecule has 0 aromatic heterocycles. The predicted molar refractivity (Wildman–Crippen MR) is 117 cm³/mol. The van der Waals surface area contributed by atoms with Crippen LogP contribution in [-0.2, 0) is 21.5 Å². The van der Waals surface area contributed by atoms with E-state index in [0.717, 1.165) is 42.8 Å². The standard InChI is InChI=1S/C24H31N3O5/c1-23(2,3)26-9-7-24(8-10-26)13-32-20-14-12-27(16-5-6-18(28)25-21(16)29)22(30)19(14)17(31-4)11-15(20)24/h11,16H,5-10,12-13H2,1-4H3,(H,25,28,29)/t16-/m0/s1. The van der Waals surface area contributed by atoms with Gasteiger partial charge in [0.05, 0.1) is 25.8 Å². The van der Waals surface area contributed by atoms with Crippen LogP contribution in [0.1, 0.15) is 67.9 Å². The number of fused-ring (bicyclic) bond motifs is 4. The van der Waals surface area contributed by atoms with Crippen LogP contribution in [0.15, 0.2) is 6.07 Å². The van der Waals surface area contributed by atoms with Crippen LogP contribution in [0.2, 0.25) is 0 Å². The Bertz CT molecular complexity index is 1000. The van der Waals surface area contributed by atoms with Gasteiger partial charge in [0.15, 0.2) is 0 Å². The van der Waals surface area contributed by atoms with Crippen molar-refractivity contribution in [3.05, 3.63) is 22.8 Å². The molecule has 172 valence electrons. The zero-order chi connectivity index (χ0) is 22.8. The van der Waals surface area contributed by atoms with Gasteiger partial charge in [-0.15, -0.1) is 0 Å². The van der Waals surface area contributed by atoms with Crippen LogP contribution in [-0.4, -0.2) is 65.9 Å². The van der Waals surface area contributed by atoms with Crippen molar-refractivity contribution >= 4 is 17.7 Å². The third kappa shape index (κ3) is 3.10. The molecular formula is C24H31N3O5. The summed E-state index contributed by atoms with van der Waals surface area (Å²) in [6.45, 7) is 9.62. The molecule has 1 atom stereocenters. The number of amides is 3. The summed E-state index contributed by atoms with van der Waals surface area (Å²) in [5.74, 6) is 0.391. The van der Waals surface area contributed by atoms with Crippen molar-refractivity contribution in [3.63, 3.8) is 0 Å². The first-order valence-electron chi connectivity index (χ1n) is 11.4. The fourth-order valence-electron chi connectivity index (χ4n) is 5.72. The lowest BCUT2D eigenvalue weighted by atomic mass is 9.73. The molecule has 8 nitrogen and oxygen atoms in total. The highest BCUT2D eigenvalue weighted by atomic mass is 16.5. The van der Waals surface area contributed by atoms with Gasteiger partial charge in [-0.05, 0) is 59.2 Å². The first-order chi connectivity index (χ1) is 15.1. The zero-order valence-corrected chi connectivity index (χ0v) is 19.2. The number of likely N-dealkylation sites (tertiary alicyclic amines) is 1. The Kier molecular flexibility index (Phi) is 4.78. The summed E-state index contributed by atoms with van der Waals surface area (Å²) < 4.78 is 11.9. The van der Waals surface area contributed by atoms with E-state index in [9.17, 15) is 14.4 Å². The molecule has 3 amide bonds. The maximum absolute atomic E-state index is 13.3. The van der Waals surface area contributed by atoms with Gasteiger partial charge in [0.25, 0.3) is 5.91 Å². The molecule has 4 aliphatic rings. The van der Waals surface area contributed by atoms with E-state index in [1.807, 2.05) is 6.07 Å². The molecule has 0 unspecified atom stereocenters. The summed E-state index contributed by atoms with van der Waals surface area (Å²) in [6.07, 6.45) is 2.55. The highest BCUT2D eigenvalue weighted by molar-refractivity contribution is 6.07. The average Bonchev–Trinajstić information content (AvgIpc) is 3.26. The van der Waals surface area contributed by atoms with E-state index in [0.29, 0.717) is 30.9 Å². The minimum absolute atomic E-state index is 0.0789. The zero-order valence-electron chi connectivity index (χ0n) is 19.2. The van der Waals surface area contributed by atoms with Gasteiger partial charge in [-0.1, -0.05) is 0 Å². The number of hydrogen-bond acceptors (Lipinski definition) is 6. The van der Waals surface area contributed by atoms with Crippen molar-refractivity contribution in [2.24, 2.45) is 0 Å². The number of nitrogens with zero attached hydrogens (tertiary/aromatic N) is 2. The van der Waals surface area contributed by atoms with Crippen LogP contribution in [0.25, 0.3) is 0 Å².